The molecular weight excluding hydrogens is 303 g/mol. The number of nitrogens with one attached hydrogen (secondary N) is 1. The summed E-state index contributed by atoms with van der Waals surface area (Å²) in [6.07, 6.45) is -1.26. The number of aliphatic hydroxyl groups excluding tert-OH is 3. The van der Waals surface area contributed by atoms with Crippen LogP contribution < -0.4 is 5.56 Å². The largest absolute Gasteiger partial charge is 0.394 e. The van der Waals surface area contributed by atoms with Gasteiger partial charge in [0.2, 0.25) is 0 Å². The van der Waals surface area contributed by atoms with Gasteiger partial charge in [-0.05, 0) is 6.26 Å². The van der Waals surface area contributed by atoms with Gasteiger partial charge in [0.25, 0.3) is 5.56 Å². The highest BCUT2D eigenvalue weighted by atomic mass is 32.2. The number of H-pyrrole nitrogens is 1. The molecule has 0 aromatic carbocycles. The first-order valence-electron chi connectivity index (χ1n) is 6.20. The van der Waals surface area contributed by atoms with Crippen molar-refractivity contribution >= 4 is 22.9 Å². The van der Waals surface area contributed by atoms with Crippen LogP contribution >= 0.6 is 11.8 Å². The molecule has 4 atom stereocenters. The van der Waals surface area contributed by atoms with Crippen LogP contribution in [-0.4, -0.2) is 66.0 Å². The van der Waals surface area contributed by atoms with Gasteiger partial charge >= 0.3 is 0 Å². The third-order valence-electron chi connectivity index (χ3n) is 3.40. The summed E-state index contributed by atoms with van der Waals surface area (Å²) >= 11 is 1.26. The van der Waals surface area contributed by atoms with Gasteiger partial charge in [0.15, 0.2) is 22.5 Å². The lowest BCUT2D eigenvalue weighted by atomic mass is 10.1. The van der Waals surface area contributed by atoms with E-state index in [1.807, 2.05) is 0 Å². The predicted octanol–water partition coefficient (Wildman–Crippen LogP) is -1.55. The van der Waals surface area contributed by atoms with Gasteiger partial charge in [-0.15, -0.1) is 0 Å². The van der Waals surface area contributed by atoms with Gasteiger partial charge in [-0.25, -0.2) is 9.97 Å². The molecule has 2 aromatic heterocycles. The van der Waals surface area contributed by atoms with E-state index in [4.69, 9.17) is 9.84 Å². The van der Waals surface area contributed by atoms with Crippen molar-refractivity contribution in [3.63, 3.8) is 0 Å². The third-order valence-corrected chi connectivity index (χ3v) is 3.98. The fraction of sp³-hybridized carbons (Fsp3) is 0.545. The van der Waals surface area contributed by atoms with Gasteiger partial charge in [-0.1, -0.05) is 11.8 Å². The van der Waals surface area contributed by atoms with E-state index in [0.29, 0.717) is 5.16 Å². The van der Waals surface area contributed by atoms with Crippen LogP contribution in [0.25, 0.3) is 11.2 Å². The molecule has 1 aliphatic rings. The highest BCUT2D eigenvalue weighted by Gasteiger charge is 2.44. The Bertz CT molecular complexity index is 716. The minimum atomic E-state index is -1.25. The fourth-order valence-electron chi connectivity index (χ4n) is 2.30. The van der Waals surface area contributed by atoms with E-state index in [2.05, 4.69) is 15.0 Å². The molecule has 2 aromatic rings. The average molecular weight is 317 g/mol. The van der Waals surface area contributed by atoms with E-state index in [1.165, 1.54) is 22.7 Å². The molecule has 0 radical (unpaired) electrons. The zero-order valence-corrected chi connectivity index (χ0v) is 11.8. The van der Waals surface area contributed by atoms with Crippen molar-refractivity contribution < 1.29 is 20.1 Å². The molecule has 10 heteroatoms. The van der Waals surface area contributed by atoms with Crippen LogP contribution in [0.15, 0.2) is 16.3 Å². The number of thioether (sulfide) groups is 1. The molecule has 9 nitrogen and oxygen atoms in total. The number of imidazole rings is 1. The lowest BCUT2D eigenvalue weighted by Crippen LogP contribution is -2.33. The van der Waals surface area contributed by atoms with Crippen molar-refractivity contribution in [3.8, 4) is 0 Å². The first-order chi connectivity index (χ1) is 10.1. The van der Waals surface area contributed by atoms with Crippen molar-refractivity contribution in [3.05, 3.63) is 16.7 Å². The Morgan fingerprint density at radius 3 is 2.86 bits per heavy atom. The Balaban J connectivity index is 2.09. The summed E-state index contributed by atoms with van der Waals surface area (Å²) in [6, 6.07) is 0. The second kappa shape index (κ2) is 5.39. The Hall–Kier alpha value is -1.46. The second-order valence-electron chi connectivity index (χ2n) is 4.63. The lowest BCUT2D eigenvalue weighted by molar-refractivity contribution is -0.0511. The predicted molar refractivity (Wildman–Crippen MR) is 72.9 cm³/mol. The molecule has 0 spiro atoms. The van der Waals surface area contributed by atoms with Crippen LogP contribution in [0.1, 0.15) is 6.23 Å². The smallest absolute Gasteiger partial charge is 0.279 e. The van der Waals surface area contributed by atoms with Crippen molar-refractivity contribution in [2.75, 3.05) is 12.9 Å². The van der Waals surface area contributed by atoms with Crippen molar-refractivity contribution in [1.82, 2.24) is 19.5 Å². The molecule has 0 aliphatic carbocycles. The zero-order chi connectivity index (χ0) is 15.1. The number of hydrogen-bond donors (Lipinski definition) is 4. The Morgan fingerprint density at radius 2 is 2.24 bits per heavy atom. The van der Waals surface area contributed by atoms with Gasteiger partial charge in [-0.3, -0.25) is 14.3 Å². The molecule has 0 amide bonds. The number of hydrogen-bond acceptors (Lipinski definition) is 8. The molecule has 114 valence electrons. The minimum Gasteiger partial charge on any atom is -0.394 e. The van der Waals surface area contributed by atoms with E-state index in [9.17, 15) is 15.0 Å². The molecule has 0 bridgehead atoms. The molecular formula is C11H14N4O5S. The van der Waals surface area contributed by atoms with Gasteiger partial charge in [-0.2, -0.15) is 0 Å². The lowest BCUT2D eigenvalue weighted by Gasteiger charge is -2.16. The Labute approximate surface area is 122 Å². The summed E-state index contributed by atoms with van der Waals surface area (Å²) in [7, 11) is 0. The van der Waals surface area contributed by atoms with E-state index < -0.39 is 36.7 Å². The maximum Gasteiger partial charge on any atom is 0.279 e. The molecule has 1 fully saturated rings. The van der Waals surface area contributed by atoms with Crippen LogP contribution in [0, 0.1) is 0 Å². The van der Waals surface area contributed by atoms with Gasteiger partial charge in [0.1, 0.15) is 18.3 Å². The molecule has 3 heterocycles. The number of aromatic nitrogens is 4. The van der Waals surface area contributed by atoms with Crippen LogP contribution in [0.3, 0.4) is 0 Å². The van der Waals surface area contributed by atoms with E-state index in [-0.39, 0.29) is 11.2 Å². The fourth-order valence-corrected chi connectivity index (χ4v) is 2.67. The van der Waals surface area contributed by atoms with Crippen LogP contribution in [0.5, 0.6) is 0 Å². The second-order valence-corrected chi connectivity index (χ2v) is 5.42. The summed E-state index contributed by atoms with van der Waals surface area (Å²) in [4.78, 5) is 22.6. The van der Waals surface area contributed by atoms with Gasteiger partial charge in [0.05, 0.1) is 12.9 Å². The number of ether oxygens (including phenoxy) is 1. The molecule has 1 saturated heterocycles. The SMILES string of the molecule is CS[13c]1[15n]c2c(ncn2[C@@H]2O[C@H](CO)[C@@H](O)[C@H]2O)c(=O)[15nH]1. The average Bonchev–Trinajstić information content (AvgIpc) is 3.02. The topological polar surface area (TPSA) is 133 Å². The van der Waals surface area contributed by atoms with Crippen molar-refractivity contribution in [2.45, 2.75) is 29.7 Å². The molecule has 1 aliphatic heterocycles. The highest BCUT2D eigenvalue weighted by molar-refractivity contribution is 7.98. The molecule has 3 rings (SSSR count). The number of nitrogens with zero attached hydrogens (tertiary/aromatic N) is 3. The van der Waals surface area contributed by atoms with E-state index in [0.717, 1.165) is 0 Å². The van der Waals surface area contributed by atoms with Crippen LogP contribution in [0.4, 0.5) is 0 Å². The highest BCUT2D eigenvalue weighted by Crippen LogP contribution is 2.30. The normalized spacial score (nSPS) is 29.3. The van der Waals surface area contributed by atoms with Crippen molar-refractivity contribution in [2.24, 2.45) is 0 Å². The number of fused-ring (bicyclic) bond motifs is 1. The standard InChI is InChI=1S/C11H14N4O5S/c1-21-11-13-8-5(9(19)14-11)12-3-15(8)10-7(18)6(17)4(2-16)20-10/h3-4,6-7,10,16-18H,2H2,1H3,(H,13,14,19)/t4-,6-,7-,10-/m1/s1/i11+1,13+1,14+1. The number of rotatable bonds is 3. The monoisotopic (exact) mass is 317 g/mol. The molecule has 0 unspecified atom stereocenters. The van der Waals surface area contributed by atoms with Crippen molar-refractivity contribution in [1.29, 1.82) is 0 Å². The Morgan fingerprint density at radius 1 is 1.48 bits per heavy atom. The van der Waals surface area contributed by atoms with Crippen LogP contribution in [-0.2, 0) is 4.74 Å². The first-order valence-corrected chi connectivity index (χ1v) is 7.42. The quantitative estimate of drug-likeness (QED) is 0.395. The van der Waals surface area contributed by atoms with Gasteiger partial charge < -0.3 is 20.1 Å². The summed E-state index contributed by atoms with van der Waals surface area (Å²) in [6.45, 7) is -0.425. The summed E-state index contributed by atoms with van der Waals surface area (Å²) < 4.78 is 6.80. The van der Waals surface area contributed by atoms with E-state index >= 15 is 0 Å². The van der Waals surface area contributed by atoms with Crippen LogP contribution in [0.2, 0.25) is 0 Å². The molecule has 4 N–H and O–H groups in total. The third kappa shape index (κ3) is 2.24. The molecule has 0 saturated carbocycles. The summed E-state index contributed by atoms with van der Waals surface area (Å²) in [5.41, 5.74) is -0.0293. The van der Waals surface area contributed by atoms with Gasteiger partial charge in [0, 0.05) is 0 Å². The Kier molecular flexibility index (Phi) is 3.71. The first kappa shape index (κ1) is 14.5. The van der Waals surface area contributed by atoms with E-state index in [1.54, 1.807) is 6.26 Å². The molecule has 21 heavy (non-hydrogen) atoms. The zero-order valence-electron chi connectivity index (χ0n) is 11.0. The maximum atomic E-state index is 11.9. The number of aromatic amines is 1. The number of aliphatic hydroxyl groups is 3. The maximum absolute atomic E-state index is 11.9. The summed E-state index contributed by atoms with van der Waals surface area (Å²) in [5.74, 6) is 0. The minimum absolute atomic E-state index is 0.116. The summed E-state index contributed by atoms with van der Waals surface area (Å²) in [5, 5.41) is 29.3.